The van der Waals surface area contributed by atoms with Gasteiger partial charge in [0.15, 0.2) is 0 Å². The summed E-state index contributed by atoms with van der Waals surface area (Å²) in [6, 6.07) is 11.4. The highest BCUT2D eigenvalue weighted by atomic mass is 19.3. The van der Waals surface area contributed by atoms with Gasteiger partial charge in [0.05, 0.1) is 12.2 Å². The van der Waals surface area contributed by atoms with E-state index in [4.69, 9.17) is 9.84 Å². The summed E-state index contributed by atoms with van der Waals surface area (Å²) in [7, 11) is 0. The SMILES string of the molecule is O=C(O)C=Cc1ccc(OC(F)(F)c2ccc(CCCCF)cc2)cc1. The number of carbonyl (C=O) groups is 1. The average molecular weight is 364 g/mol. The Bertz CT molecular complexity index is 738. The molecule has 0 radical (unpaired) electrons. The fraction of sp³-hybridized carbons (Fsp3) is 0.250. The maximum Gasteiger partial charge on any atom is 0.426 e. The number of hydrogen-bond donors (Lipinski definition) is 1. The molecule has 0 atom stereocenters. The Labute approximate surface area is 149 Å². The van der Waals surface area contributed by atoms with Crippen molar-refractivity contribution >= 4 is 12.0 Å². The van der Waals surface area contributed by atoms with Gasteiger partial charge in [-0.1, -0.05) is 24.3 Å². The number of unbranched alkanes of at least 4 members (excludes halogenated alkanes) is 1. The molecule has 1 N–H and O–H groups in total. The van der Waals surface area contributed by atoms with Gasteiger partial charge in [-0.15, -0.1) is 0 Å². The number of hydrogen-bond acceptors (Lipinski definition) is 2. The normalized spacial score (nSPS) is 11.7. The molecule has 0 heterocycles. The van der Waals surface area contributed by atoms with Crippen LogP contribution in [-0.4, -0.2) is 17.8 Å². The molecule has 0 amide bonds. The highest BCUT2D eigenvalue weighted by Crippen LogP contribution is 2.32. The van der Waals surface area contributed by atoms with E-state index in [2.05, 4.69) is 0 Å². The maximum atomic E-state index is 14.3. The molecule has 0 spiro atoms. The summed E-state index contributed by atoms with van der Waals surface area (Å²) in [5.41, 5.74) is 1.15. The second-order valence-electron chi connectivity index (χ2n) is 5.70. The van der Waals surface area contributed by atoms with Gasteiger partial charge >= 0.3 is 12.1 Å². The molecule has 0 saturated carbocycles. The minimum Gasteiger partial charge on any atom is -0.478 e. The number of carboxylic acid groups (broad SMARTS) is 1. The number of benzene rings is 2. The van der Waals surface area contributed by atoms with Crippen LogP contribution >= 0.6 is 0 Å². The predicted octanol–water partition coefficient (Wildman–Crippen LogP) is 5.20. The summed E-state index contributed by atoms with van der Waals surface area (Å²) in [5, 5.41) is 8.56. The van der Waals surface area contributed by atoms with Crippen molar-refractivity contribution in [2.24, 2.45) is 0 Å². The first-order valence-corrected chi connectivity index (χ1v) is 8.14. The molecule has 0 aliphatic heterocycles. The fourth-order valence-electron chi connectivity index (χ4n) is 2.31. The van der Waals surface area contributed by atoms with E-state index in [9.17, 15) is 18.0 Å². The first-order chi connectivity index (χ1) is 12.4. The van der Waals surface area contributed by atoms with Gasteiger partial charge in [-0.3, -0.25) is 4.39 Å². The lowest BCUT2D eigenvalue weighted by Gasteiger charge is -2.18. The van der Waals surface area contributed by atoms with Crippen molar-refractivity contribution in [3.05, 3.63) is 71.3 Å². The van der Waals surface area contributed by atoms with Crippen molar-refractivity contribution in [1.29, 1.82) is 0 Å². The molecular weight excluding hydrogens is 345 g/mol. The molecule has 26 heavy (non-hydrogen) atoms. The molecule has 2 aromatic rings. The third-order valence-corrected chi connectivity index (χ3v) is 3.68. The summed E-state index contributed by atoms with van der Waals surface area (Å²) in [6.45, 7) is -0.380. The van der Waals surface area contributed by atoms with Gasteiger partial charge in [-0.25, -0.2) is 4.79 Å². The second-order valence-corrected chi connectivity index (χ2v) is 5.70. The van der Waals surface area contributed by atoms with Gasteiger partial charge in [0.25, 0.3) is 0 Å². The van der Waals surface area contributed by atoms with Crippen LogP contribution in [0, 0.1) is 0 Å². The van der Waals surface area contributed by atoms with E-state index in [0.29, 0.717) is 24.8 Å². The molecular formula is C20H19F3O3. The first kappa shape index (κ1) is 19.6. The molecule has 0 bridgehead atoms. The number of alkyl halides is 3. The zero-order valence-electron chi connectivity index (χ0n) is 14.0. The van der Waals surface area contributed by atoms with Gasteiger partial charge in [0, 0.05) is 6.08 Å². The molecule has 0 saturated heterocycles. The van der Waals surface area contributed by atoms with Crippen molar-refractivity contribution in [1.82, 2.24) is 0 Å². The summed E-state index contributed by atoms with van der Waals surface area (Å²) in [5.74, 6) is -1.13. The van der Waals surface area contributed by atoms with E-state index >= 15 is 0 Å². The molecule has 0 unspecified atom stereocenters. The molecule has 0 fully saturated rings. The summed E-state index contributed by atoms with van der Waals surface area (Å²) >= 11 is 0. The number of carboxylic acids is 1. The van der Waals surface area contributed by atoms with Crippen molar-refractivity contribution < 1.29 is 27.8 Å². The number of halogens is 3. The Balaban J connectivity index is 2.02. The minimum atomic E-state index is -3.50. The molecule has 6 heteroatoms. The molecule has 2 aromatic carbocycles. The largest absolute Gasteiger partial charge is 0.478 e. The standard InChI is InChI=1S/C20H19F3O3/c21-14-2-1-3-15-4-9-17(10-5-15)20(22,23)26-18-11-6-16(7-12-18)8-13-19(24)25/h4-13H,1-3,14H2,(H,24,25). The predicted molar refractivity (Wildman–Crippen MR) is 93.0 cm³/mol. The van der Waals surface area contributed by atoms with Crippen LogP contribution in [-0.2, 0) is 17.3 Å². The number of aryl methyl sites for hydroxylation is 1. The fourth-order valence-corrected chi connectivity index (χ4v) is 2.31. The summed E-state index contributed by atoms with van der Waals surface area (Å²) in [4.78, 5) is 10.5. The molecule has 3 nitrogen and oxygen atoms in total. The van der Waals surface area contributed by atoms with Gasteiger partial charge in [-0.05, 0) is 60.7 Å². The monoisotopic (exact) mass is 364 g/mol. The van der Waals surface area contributed by atoms with Crippen LogP contribution in [0.1, 0.15) is 29.5 Å². The third-order valence-electron chi connectivity index (χ3n) is 3.68. The van der Waals surface area contributed by atoms with Crippen LogP contribution in [0.25, 0.3) is 6.08 Å². The second kappa shape index (κ2) is 9.08. The zero-order chi connectivity index (χ0) is 19.0. The smallest absolute Gasteiger partial charge is 0.426 e. The van der Waals surface area contributed by atoms with Crippen LogP contribution in [0.4, 0.5) is 13.2 Å². The average Bonchev–Trinajstić information content (AvgIpc) is 2.61. The van der Waals surface area contributed by atoms with Crippen LogP contribution in [0.2, 0.25) is 0 Å². The van der Waals surface area contributed by atoms with Crippen molar-refractivity contribution in [3.8, 4) is 5.75 Å². The van der Waals surface area contributed by atoms with Gasteiger partial charge in [0.2, 0.25) is 0 Å². The number of ether oxygens (including phenoxy) is 1. The Morgan fingerprint density at radius 3 is 2.27 bits per heavy atom. The van der Waals surface area contributed by atoms with Gasteiger partial charge < -0.3 is 9.84 Å². The third kappa shape index (κ3) is 5.95. The number of aliphatic carboxylic acids is 1. The lowest BCUT2D eigenvalue weighted by molar-refractivity contribution is -0.185. The first-order valence-electron chi connectivity index (χ1n) is 8.14. The van der Waals surface area contributed by atoms with Crippen LogP contribution in [0.3, 0.4) is 0 Å². The van der Waals surface area contributed by atoms with E-state index in [1.165, 1.54) is 42.5 Å². The van der Waals surface area contributed by atoms with Crippen LogP contribution in [0.15, 0.2) is 54.6 Å². The Kier molecular flexibility index (Phi) is 6.83. The Morgan fingerprint density at radius 1 is 1.04 bits per heavy atom. The highest BCUT2D eigenvalue weighted by molar-refractivity contribution is 5.85. The Hall–Kier alpha value is -2.76. The van der Waals surface area contributed by atoms with Gasteiger partial charge in [0.1, 0.15) is 5.75 Å². The quantitative estimate of drug-likeness (QED) is 0.491. The van der Waals surface area contributed by atoms with Crippen molar-refractivity contribution in [2.45, 2.75) is 25.4 Å². The molecule has 138 valence electrons. The lowest BCUT2D eigenvalue weighted by Crippen LogP contribution is -2.21. The topological polar surface area (TPSA) is 46.5 Å². The summed E-state index contributed by atoms with van der Waals surface area (Å²) in [6.07, 6.45) is 0.577. The van der Waals surface area contributed by atoms with Crippen LogP contribution < -0.4 is 4.74 Å². The minimum absolute atomic E-state index is 0.0329. The Morgan fingerprint density at radius 2 is 1.69 bits per heavy atom. The van der Waals surface area contributed by atoms with E-state index in [1.54, 1.807) is 12.1 Å². The van der Waals surface area contributed by atoms with Gasteiger partial charge in [-0.2, -0.15) is 8.78 Å². The zero-order valence-corrected chi connectivity index (χ0v) is 14.0. The van der Waals surface area contributed by atoms with Crippen LogP contribution in [0.5, 0.6) is 5.75 Å². The van der Waals surface area contributed by atoms with Crippen molar-refractivity contribution in [2.75, 3.05) is 6.67 Å². The van der Waals surface area contributed by atoms with E-state index < -0.39 is 12.1 Å². The number of rotatable bonds is 9. The van der Waals surface area contributed by atoms with Crippen molar-refractivity contribution in [3.63, 3.8) is 0 Å². The van der Waals surface area contributed by atoms with E-state index in [0.717, 1.165) is 11.6 Å². The molecule has 0 aliphatic rings. The van der Waals surface area contributed by atoms with E-state index in [1.807, 2.05) is 0 Å². The lowest BCUT2D eigenvalue weighted by atomic mass is 10.1. The van der Waals surface area contributed by atoms with E-state index in [-0.39, 0.29) is 18.0 Å². The molecule has 2 rings (SSSR count). The maximum absolute atomic E-state index is 14.3. The summed E-state index contributed by atoms with van der Waals surface area (Å²) < 4.78 is 45.4. The highest BCUT2D eigenvalue weighted by Gasteiger charge is 2.34. The molecule has 0 aliphatic carbocycles. The molecule has 0 aromatic heterocycles.